The van der Waals surface area contributed by atoms with E-state index >= 15 is 0 Å². The van der Waals surface area contributed by atoms with Gasteiger partial charge in [0.1, 0.15) is 11.5 Å². The fraction of sp³-hybridized carbons (Fsp3) is 0.188. The summed E-state index contributed by atoms with van der Waals surface area (Å²) in [5, 5.41) is 2.85. The molecular formula is C16H16N4O2. The van der Waals surface area contributed by atoms with Gasteiger partial charge in [-0.2, -0.15) is 0 Å². The van der Waals surface area contributed by atoms with E-state index in [-0.39, 0.29) is 17.7 Å². The van der Waals surface area contributed by atoms with Crippen molar-refractivity contribution in [3.05, 3.63) is 53.6 Å². The Kier molecular flexibility index (Phi) is 3.50. The van der Waals surface area contributed by atoms with Crippen molar-refractivity contribution < 1.29 is 9.59 Å². The first-order valence-electron chi connectivity index (χ1n) is 6.99. The zero-order valence-corrected chi connectivity index (χ0v) is 12.3. The molecule has 1 atom stereocenters. The Morgan fingerprint density at radius 3 is 2.73 bits per heavy atom. The first-order valence-corrected chi connectivity index (χ1v) is 6.99. The molecule has 1 aromatic carbocycles. The van der Waals surface area contributed by atoms with Crippen LogP contribution in [-0.4, -0.2) is 26.6 Å². The van der Waals surface area contributed by atoms with E-state index in [1.807, 2.05) is 31.2 Å². The normalized spacial score (nSPS) is 12.3. The van der Waals surface area contributed by atoms with E-state index in [4.69, 9.17) is 0 Å². The van der Waals surface area contributed by atoms with Gasteiger partial charge in [0.05, 0.1) is 17.1 Å². The molecule has 3 aromatic rings. The number of aromatic amines is 2. The highest BCUT2D eigenvalue weighted by atomic mass is 16.2. The number of nitrogens with zero attached hydrogens (tertiary/aromatic N) is 1. The predicted molar refractivity (Wildman–Crippen MR) is 82.8 cm³/mol. The maximum Gasteiger partial charge on any atom is 0.268 e. The summed E-state index contributed by atoms with van der Waals surface area (Å²) < 4.78 is 0. The van der Waals surface area contributed by atoms with Gasteiger partial charge < -0.3 is 15.3 Å². The van der Waals surface area contributed by atoms with Crippen LogP contribution in [0.5, 0.6) is 0 Å². The van der Waals surface area contributed by atoms with E-state index in [2.05, 4.69) is 20.3 Å². The van der Waals surface area contributed by atoms with Crippen LogP contribution in [0.3, 0.4) is 0 Å². The number of Topliss-reactive ketones (excluding diaryl/α,β-unsaturated/α-hetero) is 1. The number of carbonyl (C=O) groups is 2. The molecule has 0 fully saturated rings. The third kappa shape index (κ3) is 2.63. The molecule has 3 N–H and O–H groups in total. The molecule has 3 rings (SSSR count). The van der Waals surface area contributed by atoms with Crippen LogP contribution in [-0.2, 0) is 0 Å². The van der Waals surface area contributed by atoms with Crippen LogP contribution >= 0.6 is 0 Å². The lowest BCUT2D eigenvalue weighted by molar-refractivity contribution is 0.0934. The Morgan fingerprint density at radius 2 is 2.05 bits per heavy atom. The third-order valence-corrected chi connectivity index (χ3v) is 3.50. The minimum atomic E-state index is -0.277. The summed E-state index contributed by atoms with van der Waals surface area (Å²) in [4.78, 5) is 33.9. The second-order valence-electron chi connectivity index (χ2n) is 5.19. The van der Waals surface area contributed by atoms with Crippen LogP contribution in [0.25, 0.3) is 11.0 Å². The zero-order valence-electron chi connectivity index (χ0n) is 12.3. The Hall–Kier alpha value is -2.89. The van der Waals surface area contributed by atoms with E-state index in [9.17, 15) is 9.59 Å². The van der Waals surface area contributed by atoms with Crippen LogP contribution in [0, 0.1) is 0 Å². The van der Waals surface area contributed by atoms with Crippen molar-refractivity contribution >= 4 is 22.7 Å². The first kappa shape index (κ1) is 14.1. The zero-order chi connectivity index (χ0) is 15.7. The highest BCUT2D eigenvalue weighted by Gasteiger charge is 2.16. The first-order chi connectivity index (χ1) is 10.5. The molecule has 0 saturated heterocycles. The second-order valence-corrected chi connectivity index (χ2v) is 5.19. The van der Waals surface area contributed by atoms with Gasteiger partial charge in [-0.3, -0.25) is 9.59 Å². The molecule has 22 heavy (non-hydrogen) atoms. The average Bonchev–Trinajstić information content (AvgIpc) is 3.14. The maximum atomic E-state index is 12.2. The van der Waals surface area contributed by atoms with Gasteiger partial charge in [0.2, 0.25) is 0 Å². The van der Waals surface area contributed by atoms with Crippen molar-refractivity contribution in [2.45, 2.75) is 19.9 Å². The van der Waals surface area contributed by atoms with Crippen molar-refractivity contribution in [2.24, 2.45) is 0 Å². The highest BCUT2D eigenvalue weighted by Crippen LogP contribution is 2.16. The summed E-state index contributed by atoms with van der Waals surface area (Å²) in [5.41, 5.74) is 2.63. The van der Waals surface area contributed by atoms with Gasteiger partial charge in [0, 0.05) is 11.8 Å². The minimum absolute atomic E-state index is 0.0827. The number of para-hydroxylation sites is 2. The maximum absolute atomic E-state index is 12.2. The Bertz CT molecular complexity index is 814. The van der Waals surface area contributed by atoms with Crippen molar-refractivity contribution in [1.29, 1.82) is 0 Å². The largest absolute Gasteiger partial charge is 0.356 e. The number of amides is 1. The lowest BCUT2D eigenvalue weighted by Crippen LogP contribution is -2.27. The van der Waals surface area contributed by atoms with Gasteiger partial charge in [0.25, 0.3) is 5.91 Å². The van der Waals surface area contributed by atoms with Crippen LogP contribution in [0.1, 0.15) is 46.6 Å². The molecule has 0 aliphatic heterocycles. The van der Waals surface area contributed by atoms with Crippen molar-refractivity contribution in [3.63, 3.8) is 0 Å². The second kappa shape index (κ2) is 5.48. The molecule has 0 aliphatic carbocycles. The molecule has 2 aromatic heterocycles. The number of fused-ring (bicyclic) bond motifs is 1. The molecular weight excluding hydrogens is 280 g/mol. The number of carbonyl (C=O) groups excluding carboxylic acids is 2. The summed E-state index contributed by atoms with van der Waals surface area (Å²) in [6, 6.07) is 8.96. The molecule has 0 unspecified atom stereocenters. The Morgan fingerprint density at radius 1 is 1.27 bits per heavy atom. The van der Waals surface area contributed by atoms with Crippen LogP contribution in [0.4, 0.5) is 0 Å². The number of rotatable bonds is 4. The lowest BCUT2D eigenvalue weighted by Gasteiger charge is -2.10. The number of hydrogen-bond acceptors (Lipinski definition) is 3. The van der Waals surface area contributed by atoms with Gasteiger partial charge in [-0.1, -0.05) is 12.1 Å². The molecule has 0 aliphatic rings. The van der Waals surface area contributed by atoms with E-state index in [0.29, 0.717) is 17.1 Å². The van der Waals surface area contributed by atoms with Crippen LogP contribution in [0.15, 0.2) is 36.5 Å². The lowest BCUT2D eigenvalue weighted by atomic mass is 10.2. The number of hydrogen-bond donors (Lipinski definition) is 3. The molecule has 1 amide bonds. The number of ketones is 1. The molecule has 2 heterocycles. The van der Waals surface area contributed by atoms with E-state index in [1.54, 1.807) is 6.07 Å². The van der Waals surface area contributed by atoms with E-state index in [0.717, 1.165) is 11.0 Å². The van der Waals surface area contributed by atoms with Gasteiger partial charge in [-0.05, 0) is 32.0 Å². The number of aromatic nitrogens is 3. The molecule has 0 bridgehead atoms. The fourth-order valence-corrected chi connectivity index (χ4v) is 2.25. The van der Waals surface area contributed by atoms with Gasteiger partial charge in [0.15, 0.2) is 5.78 Å². The number of H-pyrrole nitrogens is 2. The van der Waals surface area contributed by atoms with Crippen LogP contribution < -0.4 is 5.32 Å². The van der Waals surface area contributed by atoms with E-state index in [1.165, 1.54) is 13.1 Å². The minimum Gasteiger partial charge on any atom is -0.356 e. The Balaban J connectivity index is 1.76. The molecule has 0 saturated carbocycles. The monoisotopic (exact) mass is 296 g/mol. The highest BCUT2D eigenvalue weighted by molar-refractivity contribution is 5.99. The quantitative estimate of drug-likeness (QED) is 0.646. The molecule has 0 spiro atoms. The Labute approximate surface area is 127 Å². The summed E-state index contributed by atoms with van der Waals surface area (Å²) in [7, 11) is 0. The van der Waals surface area contributed by atoms with Crippen molar-refractivity contribution in [1.82, 2.24) is 20.3 Å². The molecule has 0 radical (unpaired) electrons. The smallest absolute Gasteiger partial charge is 0.268 e. The third-order valence-electron chi connectivity index (χ3n) is 3.50. The van der Waals surface area contributed by atoms with Gasteiger partial charge in [-0.15, -0.1) is 0 Å². The molecule has 6 nitrogen and oxygen atoms in total. The topological polar surface area (TPSA) is 90.6 Å². The summed E-state index contributed by atoms with van der Waals surface area (Å²) in [6.07, 6.45) is 1.53. The predicted octanol–water partition coefficient (Wildman–Crippen LogP) is 2.58. The number of nitrogens with one attached hydrogen (secondary N) is 3. The van der Waals surface area contributed by atoms with E-state index < -0.39 is 0 Å². The standard InChI is InChI=1S/C16H16N4O2/c1-9(15-19-12-5-3-4-6-13(12)20-15)18-16(22)14-7-11(8-17-14)10(2)21/h3-9,17H,1-2H3,(H,18,22)(H,19,20)/t9-/m0/s1. The molecule has 112 valence electrons. The van der Waals surface area contributed by atoms with Crippen molar-refractivity contribution in [2.75, 3.05) is 0 Å². The van der Waals surface area contributed by atoms with Crippen molar-refractivity contribution in [3.8, 4) is 0 Å². The van der Waals surface area contributed by atoms with Gasteiger partial charge in [-0.25, -0.2) is 4.98 Å². The number of imidazole rings is 1. The summed E-state index contributed by atoms with van der Waals surface area (Å²) in [6.45, 7) is 3.31. The van der Waals surface area contributed by atoms with Crippen LogP contribution in [0.2, 0.25) is 0 Å². The SMILES string of the molecule is CC(=O)c1c[nH]c(C(=O)N[C@@H](C)c2nc3ccccc3[nH]2)c1. The number of benzene rings is 1. The molecule has 6 heteroatoms. The summed E-state index contributed by atoms with van der Waals surface area (Å²) in [5.74, 6) is 0.328. The average molecular weight is 296 g/mol. The van der Waals surface area contributed by atoms with Gasteiger partial charge >= 0.3 is 0 Å². The fourth-order valence-electron chi connectivity index (χ4n) is 2.25. The summed E-state index contributed by atoms with van der Waals surface area (Å²) >= 11 is 0.